The van der Waals surface area contributed by atoms with Crippen LogP contribution in [0.3, 0.4) is 0 Å². The van der Waals surface area contributed by atoms with E-state index < -0.39 is 5.97 Å². The normalized spacial score (nSPS) is 19.4. The molecule has 2 N–H and O–H groups in total. The first-order valence-corrected chi connectivity index (χ1v) is 7.80. The molecule has 0 aliphatic carbocycles. The Labute approximate surface area is 121 Å². The number of anilines is 1. The van der Waals surface area contributed by atoms with Gasteiger partial charge in [0.05, 0.1) is 6.42 Å². The summed E-state index contributed by atoms with van der Waals surface area (Å²) in [6, 6.07) is 1.34. The van der Waals surface area contributed by atoms with E-state index in [-0.39, 0.29) is 23.9 Å². The van der Waals surface area contributed by atoms with Gasteiger partial charge in [0.25, 0.3) is 5.56 Å². The molecular formula is C13H19N3O3S. The Morgan fingerprint density at radius 2 is 2.40 bits per heavy atom. The Morgan fingerprint density at radius 3 is 3.05 bits per heavy atom. The lowest BCUT2D eigenvalue weighted by atomic mass is 10.2. The Kier molecular flexibility index (Phi) is 4.69. The van der Waals surface area contributed by atoms with Gasteiger partial charge in [-0.3, -0.25) is 9.59 Å². The molecule has 6 nitrogen and oxygen atoms in total. The van der Waals surface area contributed by atoms with E-state index in [2.05, 4.69) is 9.97 Å². The lowest BCUT2D eigenvalue weighted by molar-refractivity contribution is -0.137. The highest BCUT2D eigenvalue weighted by Gasteiger charge is 2.26. The number of aromatic amines is 1. The highest BCUT2D eigenvalue weighted by Crippen LogP contribution is 2.24. The van der Waals surface area contributed by atoms with Crippen LogP contribution in [0.5, 0.6) is 0 Å². The molecule has 2 heterocycles. The second-order valence-electron chi connectivity index (χ2n) is 5.16. The molecule has 2 rings (SSSR count). The second kappa shape index (κ2) is 6.30. The number of nitrogens with zero attached hydrogens (tertiary/aromatic N) is 2. The van der Waals surface area contributed by atoms with Crippen LogP contribution in [0.25, 0.3) is 0 Å². The van der Waals surface area contributed by atoms with E-state index in [0.29, 0.717) is 11.6 Å². The molecule has 1 aromatic rings. The SMILES string of the molecule is CC(C)c1nc(N2CCSCC2CC(=O)O)cc(=O)[nH]1. The Hall–Kier alpha value is -1.50. The standard InChI is InChI=1S/C13H19N3O3S/c1-8(2)13-14-10(6-11(17)15-13)16-3-4-20-7-9(16)5-12(18)19/h6,8-9H,3-5,7H2,1-2H3,(H,18,19)(H,14,15,17). The van der Waals surface area contributed by atoms with E-state index in [4.69, 9.17) is 5.11 Å². The van der Waals surface area contributed by atoms with Crippen molar-refractivity contribution in [3.05, 3.63) is 22.2 Å². The zero-order valence-corrected chi connectivity index (χ0v) is 12.4. The molecule has 1 saturated heterocycles. The summed E-state index contributed by atoms with van der Waals surface area (Å²) in [6.07, 6.45) is 0.0679. The van der Waals surface area contributed by atoms with E-state index >= 15 is 0 Å². The van der Waals surface area contributed by atoms with Crippen molar-refractivity contribution in [2.24, 2.45) is 0 Å². The van der Waals surface area contributed by atoms with Gasteiger partial charge in [-0.15, -0.1) is 0 Å². The van der Waals surface area contributed by atoms with Crippen molar-refractivity contribution in [3.8, 4) is 0 Å². The predicted molar refractivity (Wildman–Crippen MR) is 79.7 cm³/mol. The van der Waals surface area contributed by atoms with Gasteiger partial charge in [0.2, 0.25) is 0 Å². The average molecular weight is 297 g/mol. The number of hydrogen-bond donors (Lipinski definition) is 2. The van der Waals surface area contributed by atoms with Crippen LogP contribution >= 0.6 is 11.8 Å². The number of aliphatic carboxylic acids is 1. The molecule has 0 saturated carbocycles. The highest BCUT2D eigenvalue weighted by molar-refractivity contribution is 7.99. The van der Waals surface area contributed by atoms with Crippen molar-refractivity contribution < 1.29 is 9.90 Å². The van der Waals surface area contributed by atoms with Crippen molar-refractivity contribution in [1.29, 1.82) is 0 Å². The first-order valence-electron chi connectivity index (χ1n) is 6.65. The minimum atomic E-state index is -0.823. The van der Waals surface area contributed by atoms with Crippen molar-refractivity contribution >= 4 is 23.5 Å². The zero-order valence-electron chi connectivity index (χ0n) is 11.6. The summed E-state index contributed by atoms with van der Waals surface area (Å²) in [5, 5.41) is 9.00. The van der Waals surface area contributed by atoms with E-state index in [0.717, 1.165) is 18.1 Å². The molecule has 7 heteroatoms. The van der Waals surface area contributed by atoms with Crippen LogP contribution in [0.4, 0.5) is 5.82 Å². The summed E-state index contributed by atoms with van der Waals surface area (Å²) in [6.45, 7) is 4.64. The Balaban J connectivity index is 2.32. The summed E-state index contributed by atoms with van der Waals surface area (Å²) >= 11 is 1.74. The highest BCUT2D eigenvalue weighted by atomic mass is 32.2. The first kappa shape index (κ1) is 14.9. The van der Waals surface area contributed by atoms with Crippen molar-refractivity contribution in [2.75, 3.05) is 23.0 Å². The average Bonchev–Trinajstić information content (AvgIpc) is 2.37. The molecule has 0 spiro atoms. The molecule has 20 heavy (non-hydrogen) atoms. The van der Waals surface area contributed by atoms with E-state index in [1.807, 2.05) is 18.7 Å². The molecule has 1 unspecified atom stereocenters. The van der Waals surface area contributed by atoms with Gasteiger partial charge >= 0.3 is 5.97 Å². The monoisotopic (exact) mass is 297 g/mol. The van der Waals surface area contributed by atoms with Gasteiger partial charge in [-0.25, -0.2) is 4.98 Å². The van der Waals surface area contributed by atoms with Crippen molar-refractivity contribution in [2.45, 2.75) is 32.2 Å². The molecule has 0 amide bonds. The third-order valence-electron chi connectivity index (χ3n) is 3.23. The van der Waals surface area contributed by atoms with Crippen molar-refractivity contribution in [1.82, 2.24) is 9.97 Å². The number of carbonyl (C=O) groups is 1. The third kappa shape index (κ3) is 3.53. The fourth-order valence-electron chi connectivity index (χ4n) is 2.21. The maximum atomic E-state index is 11.7. The van der Waals surface area contributed by atoms with Gasteiger partial charge in [0.1, 0.15) is 11.6 Å². The lowest BCUT2D eigenvalue weighted by Crippen LogP contribution is -2.44. The largest absolute Gasteiger partial charge is 0.481 e. The van der Waals surface area contributed by atoms with Crippen LogP contribution < -0.4 is 10.5 Å². The number of aromatic nitrogens is 2. The number of H-pyrrole nitrogens is 1. The fourth-order valence-corrected chi connectivity index (χ4v) is 3.27. The van der Waals surface area contributed by atoms with Crippen molar-refractivity contribution in [3.63, 3.8) is 0 Å². The maximum Gasteiger partial charge on any atom is 0.305 e. The smallest absolute Gasteiger partial charge is 0.305 e. The fraction of sp³-hybridized carbons (Fsp3) is 0.615. The van der Waals surface area contributed by atoms with Gasteiger partial charge in [0.15, 0.2) is 0 Å². The van der Waals surface area contributed by atoms with Crippen LogP contribution in [0.15, 0.2) is 10.9 Å². The second-order valence-corrected chi connectivity index (χ2v) is 6.31. The molecule has 0 aromatic carbocycles. The third-order valence-corrected chi connectivity index (χ3v) is 4.32. The summed E-state index contributed by atoms with van der Waals surface area (Å²) in [5.41, 5.74) is -0.189. The van der Waals surface area contributed by atoms with Gasteiger partial charge in [-0.05, 0) is 0 Å². The topological polar surface area (TPSA) is 86.3 Å². The van der Waals surface area contributed by atoms with Crippen LogP contribution in [0.1, 0.15) is 32.0 Å². The van der Waals surface area contributed by atoms with Gasteiger partial charge < -0.3 is 15.0 Å². The molecule has 1 aromatic heterocycles. The molecule has 1 fully saturated rings. The molecule has 1 aliphatic heterocycles. The zero-order chi connectivity index (χ0) is 14.7. The number of carboxylic acid groups (broad SMARTS) is 1. The molecule has 110 valence electrons. The summed E-state index contributed by atoms with van der Waals surface area (Å²) < 4.78 is 0. The van der Waals surface area contributed by atoms with Crippen LogP contribution in [0, 0.1) is 0 Å². The van der Waals surface area contributed by atoms with E-state index in [1.165, 1.54) is 6.07 Å². The molecular weight excluding hydrogens is 278 g/mol. The summed E-state index contributed by atoms with van der Waals surface area (Å²) in [7, 11) is 0. The minimum Gasteiger partial charge on any atom is -0.481 e. The summed E-state index contributed by atoms with van der Waals surface area (Å²) in [5.74, 6) is 2.19. The molecule has 1 aliphatic rings. The van der Waals surface area contributed by atoms with Crippen LogP contribution in [-0.2, 0) is 4.79 Å². The van der Waals surface area contributed by atoms with Crippen LogP contribution in [0.2, 0.25) is 0 Å². The maximum absolute atomic E-state index is 11.7. The van der Waals surface area contributed by atoms with Gasteiger partial charge in [-0.1, -0.05) is 13.8 Å². The number of carboxylic acids is 1. The predicted octanol–water partition coefficient (Wildman–Crippen LogP) is 1.29. The number of rotatable bonds is 4. The summed E-state index contributed by atoms with van der Waals surface area (Å²) in [4.78, 5) is 31.9. The molecule has 1 atom stereocenters. The molecule has 0 radical (unpaired) electrons. The lowest BCUT2D eigenvalue weighted by Gasteiger charge is -2.35. The van der Waals surface area contributed by atoms with E-state index in [9.17, 15) is 9.59 Å². The number of hydrogen-bond acceptors (Lipinski definition) is 5. The van der Waals surface area contributed by atoms with Crippen LogP contribution in [-0.4, -0.2) is 45.1 Å². The van der Waals surface area contributed by atoms with Gasteiger partial charge in [0, 0.05) is 36.1 Å². The van der Waals surface area contributed by atoms with E-state index in [1.54, 1.807) is 11.8 Å². The minimum absolute atomic E-state index is 0.0679. The Bertz CT molecular complexity index is 544. The number of nitrogens with one attached hydrogen (secondary N) is 1. The molecule has 0 bridgehead atoms. The number of thioether (sulfide) groups is 1. The first-order chi connectivity index (χ1) is 9.47. The quantitative estimate of drug-likeness (QED) is 0.871. The Morgan fingerprint density at radius 1 is 1.65 bits per heavy atom. The van der Waals surface area contributed by atoms with Gasteiger partial charge in [-0.2, -0.15) is 11.8 Å².